The number of aromatic amines is 1. The number of H-pyrrole nitrogens is 1. The fourth-order valence-electron chi connectivity index (χ4n) is 6.54. The highest BCUT2D eigenvalue weighted by molar-refractivity contribution is 6.24. The molecule has 1 aromatic heterocycles. The van der Waals surface area contributed by atoms with Gasteiger partial charge in [-0.3, -0.25) is 0 Å². The summed E-state index contributed by atoms with van der Waals surface area (Å²) in [6, 6.07) is 44.6. The largest absolute Gasteiger partial charge is 0.354 e. The number of fused-ring (bicyclic) bond motifs is 4. The van der Waals surface area contributed by atoms with Gasteiger partial charge in [-0.1, -0.05) is 109 Å². The number of nitrogens with one attached hydrogen (secondary N) is 1. The summed E-state index contributed by atoms with van der Waals surface area (Å²) in [6.45, 7) is 0. The maximum Gasteiger partial charge on any atom is 0.0734 e. The monoisotopic (exact) mass is 431 g/mol. The Hall–Kier alpha value is -4.36. The average Bonchev–Trinajstić information content (AvgIpc) is 3.43. The molecule has 0 atom stereocenters. The molecule has 0 unspecified atom stereocenters. The van der Waals surface area contributed by atoms with E-state index in [1.54, 1.807) is 0 Å². The molecule has 0 bridgehead atoms. The molecule has 7 aromatic rings. The minimum atomic E-state index is -0.398. The van der Waals surface area contributed by atoms with Gasteiger partial charge in [0.05, 0.1) is 10.9 Å². The second kappa shape index (κ2) is 6.36. The van der Waals surface area contributed by atoms with Crippen molar-refractivity contribution in [2.24, 2.45) is 0 Å². The van der Waals surface area contributed by atoms with E-state index < -0.39 is 5.41 Å². The molecule has 0 saturated heterocycles. The van der Waals surface area contributed by atoms with E-state index in [1.807, 2.05) is 0 Å². The zero-order chi connectivity index (χ0) is 22.3. The van der Waals surface area contributed by atoms with Crippen LogP contribution in [-0.4, -0.2) is 4.98 Å². The van der Waals surface area contributed by atoms with Crippen LogP contribution in [0.25, 0.3) is 43.4 Å². The van der Waals surface area contributed by atoms with Crippen molar-refractivity contribution in [1.29, 1.82) is 0 Å². The van der Waals surface area contributed by atoms with Crippen LogP contribution in [-0.2, 0) is 5.41 Å². The van der Waals surface area contributed by atoms with Crippen LogP contribution in [0, 0.1) is 0 Å². The molecule has 0 saturated carbocycles. The lowest BCUT2D eigenvalue weighted by atomic mass is 9.67. The SMILES string of the molecule is c1ccc(C2(c3ccccc3)c3cccc4ccc5cc6c([nH]c7ccccc76)c2c5c34)cc1. The summed E-state index contributed by atoms with van der Waals surface area (Å²) in [5.41, 5.74) is 7.38. The van der Waals surface area contributed by atoms with E-state index >= 15 is 0 Å². The average molecular weight is 432 g/mol. The Morgan fingerprint density at radius 2 is 1.18 bits per heavy atom. The van der Waals surface area contributed by atoms with E-state index in [4.69, 9.17) is 0 Å². The van der Waals surface area contributed by atoms with E-state index in [9.17, 15) is 0 Å². The van der Waals surface area contributed by atoms with E-state index in [-0.39, 0.29) is 0 Å². The van der Waals surface area contributed by atoms with E-state index in [0.717, 1.165) is 0 Å². The molecule has 1 aliphatic rings. The number of para-hydroxylation sites is 1. The van der Waals surface area contributed by atoms with Crippen molar-refractivity contribution >= 4 is 43.4 Å². The van der Waals surface area contributed by atoms with Crippen LogP contribution in [0.2, 0.25) is 0 Å². The van der Waals surface area contributed by atoms with Crippen LogP contribution in [0.5, 0.6) is 0 Å². The molecule has 0 amide bonds. The van der Waals surface area contributed by atoms with Gasteiger partial charge in [-0.05, 0) is 50.4 Å². The van der Waals surface area contributed by atoms with Gasteiger partial charge in [-0.25, -0.2) is 0 Å². The highest BCUT2D eigenvalue weighted by Crippen LogP contribution is 2.58. The molecule has 6 aromatic carbocycles. The maximum absolute atomic E-state index is 3.85. The van der Waals surface area contributed by atoms with Crippen LogP contribution >= 0.6 is 0 Å². The first-order valence-electron chi connectivity index (χ1n) is 11.9. The molecule has 158 valence electrons. The molecule has 8 rings (SSSR count). The topological polar surface area (TPSA) is 15.8 Å². The predicted octanol–water partition coefficient (Wildman–Crippen LogP) is 8.32. The molecule has 1 nitrogen and oxygen atoms in total. The highest BCUT2D eigenvalue weighted by atomic mass is 14.7. The van der Waals surface area contributed by atoms with Gasteiger partial charge in [0.25, 0.3) is 0 Å². The molecular weight excluding hydrogens is 410 g/mol. The molecule has 0 spiro atoms. The molecule has 0 radical (unpaired) electrons. The molecule has 0 aliphatic heterocycles. The molecule has 1 N–H and O–H groups in total. The van der Waals surface area contributed by atoms with E-state index in [1.165, 1.54) is 65.6 Å². The Kier molecular flexibility index (Phi) is 3.39. The highest BCUT2D eigenvalue weighted by Gasteiger charge is 2.46. The number of aromatic nitrogens is 1. The lowest BCUT2D eigenvalue weighted by Gasteiger charge is -2.34. The van der Waals surface area contributed by atoms with Crippen molar-refractivity contribution in [2.75, 3.05) is 0 Å². The second-order valence-corrected chi connectivity index (χ2v) is 9.39. The second-order valence-electron chi connectivity index (χ2n) is 9.39. The fraction of sp³-hybridized carbons (Fsp3) is 0.0303. The molecule has 1 aliphatic carbocycles. The normalized spacial score (nSPS) is 14.1. The van der Waals surface area contributed by atoms with Gasteiger partial charge < -0.3 is 4.98 Å². The van der Waals surface area contributed by atoms with Crippen LogP contribution in [0.4, 0.5) is 0 Å². The van der Waals surface area contributed by atoms with Gasteiger partial charge in [-0.2, -0.15) is 0 Å². The summed E-state index contributed by atoms with van der Waals surface area (Å²) in [6.07, 6.45) is 0. The van der Waals surface area contributed by atoms with Gasteiger partial charge in [0.1, 0.15) is 0 Å². The van der Waals surface area contributed by atoms with Gasteiger partial charge in [0.15, 0.2) is 0 Å². The van der Waals surface area contributed by atoms with Crippen LogP contribution < -0.4 is 0 Å². The van der Waals surface area contributed by atoms with Crippen molar-refractivity contribution in [2.45, 2.75) is 5.41 Å². The third-order valence-corrected chi connectivity index (χ3v) is 7.82. The Morgan fingerprint density at radius 1 is 0.500 bits per heavy atom. The molecular formula is C33H21N. The van der Waals surface area contributed by atoms with E-state index in [2.05, 4.69) is 126 Å². The summed E-state index contributed by atoms with van der Waals surface area (Å²) < 4.78 is 0. The van der Waals surface area contributed by atoms with Crippen molar-refractivity contribution in [3.05, 3.63) is 144 Å². The number of benzene rings is 6. The minimum absolute atomic E-state index is 0.398. The summed E-state index contributed by atoms with van der Waals surface area (Å²) in [5.74, 6) is 0. The number of rotatable bonds is 2. The fourth-order valence-corrected chi connectivity index (χ4v) is 6.54. The lowest BCUT2D eigenvalue weighted by Crippen LogP contribution is -2.29. The quantitative estimate of drug-likeness (QED) is 0.265. The summed E-state index contributed by atoms with van der Waals surface area (Å²) >= 11 is 0. The lowest BCUT2D eigenvalue weighted by molar-refractivity contribution is 0.777. The van der Waals surface area contributed by atoms with Gasteiger partial charge >= 0.3 is 0 Å². The third kappa shape index (κ3) is 2.06. The predicted molar refractivity (Wildman–Crippen MR) is 143 cm³/mol. The Bertz CT molecular complexity index is 1850. The van der Waals surface area contributed by atoms with E-state index in [0.29, 0.717) is 0 Å². The van der Waals surface area contributed by atoms with Gasteiger partial charge in [-0.15, -0.1) is 0 Å². The zero-order valence-electron chi connectivity index (χ0n) is 18.5. The Balaban J connectivity index is 1.71. The Morgan fingerprint density at radius 3 is 1.94 bits per heavy atom. The first kappa shape index (κ1) is 18.1. The first-order valence-corrected chi connectivity index (χ1v) is 11.9. The standard InChI is InChI=1S/C33H21N/c1-3-11-23(12-4-1)33(24-13-5-2-6-14-24)27-16-9-10-21-18-19-22-20-26-25-15-7-8-17-28(25)34-32(26)31(33)30(22)29(21)27/h1-20,34H. The van der Waals surface area contributed by atoms with Gasteiger partial charge in [0, 0.05) is 21.9 Å². The Labute approximate surface area is 197 Å². The summed E-state index contributed by atoms with van der Waals surface area (Å²) in [5, 5.41) is 7.93. The van der Waals surface area contributed by atoms with Crippen molar-refractivity contribution in [1.82, 2.24) is 4.98 Å². The summed E-state index contributed by atoms with van der Waals surface area (Å²) in [7, 11) is 0. The van der Waals surface area contributed by atoms with Gasteiger partial charge in [0.2, 0.25) is 0 Å². The third-order valence-electron chi connectivity index (χ3n) is 7.82. The summed E-state index contributed by atoms with van der Waals surface area (Å²) in [4.78, 5) is 3.85. The zero-order valence-corrected chi connectivity index (χ0v) is 18.5. The molecule has 1 heterocycles. The maximum atomic E-state index is 3.85. The molecule has 1 heteroatoms. The van der Waals surface area contributed by atoms with Crippen LogP contribution in [0.3, 0.4) is 0 Å². The number of hydrogen-bond donors (Lipinski definition) is 1. The smallest absolute Gasteiger partial charge is 0.0734 e. The van der Waals surface area contributed by atoms with Crippen molar-refractivity contribution in [3.63, 3.8) is 0 Å². The number of hydrogen-bond acceptors (Lipinski definition) is 0. The molecule has 34 heavy (non-hydrogen) atoms. The van der Waals surface area contributed by atoms with Crippen LogP contribution in [0.15, 0.2) is 121 Å². The van der Waals surface area contributed by atoms with Crippen LogP contribution in [0.1, 0.15) is 22.3 Å². The first-order chi connectivity index (χ1) is 16.9. The molecule has 0 fully saturated rings. The van der Waals surface area contributed by atoms with Crippen molar-refractivity contribution in [3.8, 4) is 0 Å². The van der Waals surface area contributed by atoms with Crippen molar-refractivity contribution < 1.29 is 0 Å². The minimum Gasteiger partial charge on any atom is -0.354 e.